The molecule has 0 aromatic rings. The van der Waals surface area contributed by atoms with Crippen LogP contribution in [0.25, 0.3) is 0 Å². The Hall–Kier alpha value is -0.770. The minimum Gasteiger partial charge on any atom is -0.409 e. The van der Waals surface area contributed by atoms with Crippen LogP contribution in [0.3, 0.4) is 0 Å². The van der Waals surface area contributed by atoms with Crippen LogP contribution < -0.4 is 5.73 Å². The van der Waals surface area contributed by atoms with E-state index in [0.29, 0.717) is 12.3 Å². The van der Waals surface area contributed by atoms with E-state index in [9.17, 15) is 0 Å². The van der Waals surface area contributed by atoms with E-state index in [1.165, 1.54) is 19.3 Å². The van der Waals surface area contributed by atoms with Crippen LogP contribution in [0.1, 0.15) is 39.5 Å². The van der Waals surface area contributed by atoms with Crippen molar-refractivity contribution in [3.8, 4) is 0 Å². The molecule has 1 fully saturated rings. The Labute approximate surface area is 98.5 Å². The SMILES string of the molecule is CC(C)C1CCCN(CCC(N)=NO)CC1. The third-order valence-electron chi connectivity index (χ3n) is 3.62. The summed E-state index contributed by atoms with van der Waals surface area (Å²) in [6.07, 6.45) is 4.58. The van der Waals surface area contributed by atoms with E-state index >= 15 is 0 Å². The van der Waals surface area contributed by atoms with Gasteiger partial charge in [0.1, 0.15) is 5.84 Å². The first-order chi connectivity index (χ1) is 7.63. The molecule has 1 rings (SSSR count). The van der Waals surface area contributed by atoms with Crippen molar-refractivity contribution >= 4 is 5.84 Å². The second-order valence-electron chi connectivity index (χ2n) is 5.12. The largest absolute Gasteiger partial charge is 0.409 e. The van der Waals surface area contributed by atoms with Crippen LogP contribution in [0, 0.1) is 11.8 Å². The zero-order chi connectivity index (χ0) is 12.0. The molecule has 3 N–H and O–H groups in total. The van der Waals surface area contributed by atoms with Crippen molar-refractivity contribution in [2.24, 2.45) is 22.7 Å². The van der Waals surface area contributed by atoms with Crippen molar-refractivity contribution in [1.29, 1.82) is 0 Å². The fourth-order valence-electron chi connectivity index (χ4n) is 2.39. The third kappa shape index (κ3) is 4.39. The van der Waals surface area contributed by atoms with E-state index in [1.807, 2.05) is 0 Å². The number of hydrogen-bond acceptors (Lipinski definition) is 3. The fourth-order valence-corrected chi connectivity index (χ4v) is 2.39. The van der Waals surface area contributed by atoms with E-state index in [1.54, 1.807) is 0 Å². The lowest BCUT2D eigenvalue weighted by molar-refractivity contribution is 0.275. The molecule has 0 aromatic carbocycles. The lowest BCUT2D eigenvalue weighted by Gasteiger charge is -2.20. The molecule has 1 aliphatic rings. The smallest absolute Gasteiger partial charge is 0.140 e. The van der Waals surface area contributed by atoms with Gasteiger partial charge in [0.05, 0.1) is 0 Å². The Morgan fingerprint density at radius 3 is 2.81 bits per heavy atom. The molecular formula is C12H25N3O. The number of nitrogens with two attached hydrogens (primary N) is 1. The van der Waals surface area contributed by atoms with Crippen LogP contribution in [0.2, 0.25) is 0 Å². The van der Waals surface area contributed by atoms with Crippen LogP contribution >= 0.6 is 0 Å². The summed E-state index contributed by atoms with van der Waals surface area (Å²) >= 11 is 0. The molecule has 0 bridgehead atoms. The molecule has 94 valence electrons. The Morgan fingerprint density at radius 1 is 1.44 bits per heavy atom. The van der Waals surface area contributed by atoms with Crippen molar-refractivity contribution in [1.82, 2.24) is 4.90 Å². The maximum absolute atomic E-state index is 8.48. The van der Waals surface area contributed by atoms with E-state index in [0.717, 1.165) is 31.5 Å². The molecule has 0 spiro atoms. The molecule has 4 heteroatoms. The molecule has 16 heavy (non-hydrogen) atoms. The summed E-state index contributed by atoms with van der Waals surface area (Å²) in [4.78, 5) is 2.43. The summed E-state index contributed by atoms with van der Waals surface area (Å²) in [5, 5.41) is 11.5. The van der Waals surface area contributed by atoms with E-state index in [-0.39, 0.29) is 0 Å². The van der Waals surface area contributed by atoms with Gasteiger partial charge in [-0.25, -0.2) is 0 Å². The molecule has 4 nitrogen and oxygen atoms in total. The molecule has 1 aliphatic heterocycles. The van der Waals surface area contributed by atoms with Crippen molar-refractivity contribution in [2.75, 3.05) is 19.6 Å². The Kier molecular flexibility index (Phi) is 5.60. The maximum Gasteiger partial charge on any atom is 0.140 e. The zero-order valence-electron chi connectivity index (χ0n) is 10.5. The van der Waals surface area contributed by atoms with Crippen LogP contribution in [-0.2, 0) is 0 Å². The summed E-state index contributed by atoms with van der Waals surface area (Å²) in [7, 11) is 0. The zero-order valence-corrected chi connectivity index (χ0v) is 10.5. The van der Waals surface area contributed by atoms with Gasteiger partial charge in [-0.2, -0.15) is 0 Å². The summed E-state index contributed by atoms with van der Waals surface area (Å²) in [6.45, 7) is 7.86. The maximum atomic E-state index is 8.48. The standard InChI is InChI=1S/C12H25N3O/c1-10(2)11-4-3-7-15(8-5-11)9-6-12(13)14-16/h10-11,16H,3-9H2,1-2H3,(H2,13,14). The summed E-state index contributed by atoms with van der Waals surface area (Å²) in [6, 6.07) is 0. The summed E-state index contributed by atoms with van der Waals surface area (Å²) < 4.78 is 0. The number of rotatable bonds is 4. The highest BCUT2D eigenvalue weighted by molar-refractivity contribution is 5.79. The molecule has 1 heterocycles. The molecule has 0 radical (unpaired) electrons. The predicted molar refractivity (Wildman–Crippen MR) is 66.6 cm³/mol. The Bertz CT molecular complexity index is 228. The Balaban J connectivity index is 2.30. The van der Waals surface area contributed by atoms with Crippen molar-refractivity contribution < 1.29 is 5.21 Å². The van der Waals surface area contributed by atoms with Crippen molar-refractivity contribution in [3.05, 3.63) is 0 Å². The topological polar surface area (TPSA) is 61.8 Å². The first-order valence-corrected chi connectivity index (χ1v) is 6.32. The summed E-state index contributed by atoms with van der Waals surface area (Å²) in [5.41, 5.74) is 5.48. The van der Waals surface area contributed by atoms with Gasteiger partial charge in [0, 0.05) is 13.0 Å². The van der Waals surface area contributed by atoms with Crippen molar-refractivity contribution in [2.45, 2.75) is 39.5 Å². The number of oxime groups is 1. The van der Waals surface area contributed by atoms with Gasteiger partial charge in [-0.15, -0.1) is 0 Å². The second-order valence-corrected chi connectivity index (χ2v) is 5.12. The monoisotopic (exact) mass is 227 g/mol. The molecule has 0 aliphatic carbocycles. The van der Waals surface area contributed by atoms with Gasteiger partial charge >= 0.3 is 0 Å². The van der Waals surface area contributed by atoms with Crippen LogP contribution in [0.15, 0.2) is 5.16 Å². The van der Waals surface area contributed by atoms with Gasteiger partial charge in [0.2, 0.25) is 0 Å². The highest BCUT2D eigenvalue weighted by Crippen LogP contribution is 2.24. The predicted octanol–water partition coefficient (Wildman–Crippen LogP) is 1.88. The Morgan fingerprint density at radius 2 is 2.19 bits per heavy atom. The fraction of sp³-hybridized carbons (Fsp3) is 0.917. The normalized spacial score (nSPS) is 24.7. The lowest BCUT2D eigenvalue weighted by atomic mass is 9.89. The van der Waals surface area contributed by atoms with E-state index in [2.05, 4.69) is 23.9 Å². The average molecular weight is 227 g/mol. The molecule has 0 amide bonds. The van der Waals surface area contributed by atoms with E-state index in [4.69, 9.17) is 10.9 Å². The van der Waals surface area contributed by atoms with Gasteiger partial charge in [0.25, 0.3) is 0 Å². The average Bonchev–Trinajstić information content (AvgIpc) is 2.51. The quantitative estimate of drug-likeness (QED) is 0.333. The van der Waals surface area contributed by atoms with Crippen molar-refractivity contribution in [3.63, 3.8) is 0 Å². The minimum atomic E-state index is 0.338. The van der Waals surface area contributed by atoms with Gasteiger partial charge in [-0.3, -0.25) is 0 Å². The first-order valence-electron chi connectivity index (χ1n) is 6.32. The molecule has 0 aromatic heterocycles. The number of hydrogen-bond donors (Lipinski definition) is 2. The van der Waals surface area contributed by atoms with Gasteiger partial charge in [-0.1, -0.05) is 19.0 Å². The van der Waals surface area contributed by atoms with Gasteiger partial charge in [-0.05, 0) is 44.2 Å². The lowest BCUT2D eigenvalue weighted by Crippen LogP contribution is -2.29. The molecule has 1 saturated heterocycles. The molecular weight excluding hydrogens is 202 g/mol. The van der Waals surface area contributed by atoms with Gasteiger partial charge < -0.3 is 15.8 Å². The van der Waals surface area contributed by atoms with E-state index < -0.39 is 0 Å². The van der Waals surface area contributed by atoms with Crippen LogP contribution in [0.5, 0.6) is 0 Å². The van der Waals surface area contributed by atoms with Crippen LogP contribution in [-0.4, -0.2) is 35.6 Å². The molecule has 1 atom stereocenters. The van der Waals surface area contributed by atoms with Gasteiger partial charge in [0.15, 0.2) is 0 Å². The first kappa shape index (κ1) is 13.3. The second kappa shape index (κ2) is 6.74. The minimum absolute atomic E-state index is 0.338. The highest BCUT2D eigenvalue weighted by Gasteiger charge is 2.19. The number of nitrogens with zero attached hydrogens (tertiary/aromatic N) is 2. The third-order valence-corrected chi connectivity index (χ3v) is 3.62. The number of amidine groups is 1. The van der Waals surface area contributed by atoms with Crippen LogP contribution in [0.4, 0.5) is 0 Å². The summed E-state index contributed by atoms with van der Waals surface area (Å²) in [5.74, 6) is 2.00. The number of likely N-dealkylation sites (tertiary alicyclic amines) is 1. The molecule has 0 saturated carbocycles. The molecule has 1 unspecified atom stereocenters. The highest BCUT2D eigenvalue weighted by atomic mass is 16.4.